The molecule has 0 aliphatic carbocycles. The molecule has 2 aromatic carbocycles. The Morgan fingerprint density at radius 1 is 1.22 bits per heavy atom. The van der Waals surface area contributed by atoms with Crippen LogP contribution in [0.2, 0.25) is 0 Å². The number of carbonyl (C=O) groups excluding carboxylic acids is 2. The topological polar surface area (TPSA) is 46.6 Å². The highest BCUT2D eigenvalue weighted by molar-refractivity contribution is 6.00. The van der Waals surface area contributed by atoms with E-state index >= 15 is 0 Å². The summed E-state index contributed by atoms with van der Waals surface area (Å²) < 4.78 is 5.66. The number of likely N-dealkylation sites (tertiary alicyclic amines) is 1. The molecular weight excluding hydrogens is 290 g/mol. The first-order valence-corrected chi connectivity index (χ1v) is 8.06. The van der Waals surface area contributed by atoms with Crippen LogP contribution in [0, 0.1) is 5.92 Å². The number of carbonyl (C=O) groups is 2. The van der Waals surface area contributed by atoms with E-state index in [1.807, 2.05) is 35.2 Å². The first kappa shape index (κ1) is 15.5. The van der Waals surface area contributed by atoms with Crippen LogP contribution < -0.4 is 4.74 Å². The van der Waals surface area contributed by atoms with Crippen molar-refractivity contribution < 1.29 is 14.3 Å². The van der Waals surface area contributed by atoms with Crippen LogP contribution in [-0.4, -0.2) is 36.8 Å². The van der Waals surface area contributed by atoms with Gasteiger partial charge < -0.3 is 9.64 Å². The van der Waals surface area contributed by atoms with Crippen LogP contribution in [0.5, 0.6) is 5.75 Å². The summed E-state index contributed by atoms with van der Waals surface area (Å²) in [6.07, 6.45) is 2.88. The SMILES string of the molecule is CC1CCN(C(=O)COc2ccc3ccccc3c2C=O)CC1. The van der Waals surface area contributed by atoms with Crippen LogP contribution >= 0.6 is 0 Å². The van der Waals surface area contributed by atoms with E-state index in [0.29, 0.717) is 17.2 Å². The van der Waals surface area contributed by atoms with Crippen LogP contribution in [0.25, 0.3) is 10.8 Å². The molecule has 0 N–H and O–H groups in total. The van der Waals surface area contributed by atoms with E-state index in [1.54, 1.807) is 6.07 Å². The van der Waals surface area contributed by atoms with Crippen LogP contribution in [-0.2, 0) is 4.79 Å². The maximum atomic E-state index is 12.3. The molecule has 4 heteroatoms. The molecule has 1 heterocycles. The molecule has 23 heavy (non-hydrogen) atoms. The quantitative estimate of drug-likeness (QED) is 0.814. The second kappa shape index (κ2) is 6.82. The Morgan fingerprint density at radius 3 is 2.70 bits per heavy atom. The lowest BCUT2D eigenvalue weighted by molar-refractivity contribution is -0.134. The summed E-state index contributed by atoms with van der Waals surface area (Å²) in [6, 6.07) is 11.3. The number of benzene rings is 2. The molecule has 0 atom stereocenters. The van der Waals surface area contributed by atoms with Gasteiger partial charge in [-0.1, -0.05) is 37.3 Å². The number of ether oxygens (including phenoxy) is 1. The Bertz CT molecular complexity index is 718. The summed E-state index contributed by atoms with van der Waals surface area (Å²) in [5, 5.41) is 1.83. The third kappa shape index (κ3) is 3.36. The zero-order valence-electron chi connectivity index (χ0n) is 13.3. The molecule has 2 aromatic rings. The summed E-state index contributed by atoms with van der Waals surface area (Å²) in [5.41, 5.74) is 0.503. The van der Waals surface area contributed by atoms with Gasteiger partial charge in [0.2, 0.25) is 0 Å². The number of rotatable bonds is 4. The van der Waals surface area contributed by atoms with Crippen LogP contribution in [0.3, 0.4) is 0 Å². The monoisotopic (exact) mass is 311 g/mol. The van der Waals surface area contributed by atoms with Crippen LogP contribution in [0.15, 0.2) is 36.4 Å². The molecule has 1 aliphatic rings. The average molecular weight is 311 g/mol. The van der Waals surface area contributed by atoms with E-state index in [1.165, 1.54) is 0 Å². The number of fused-ring (bicyclic) bond motifs is 1. The Morgan fingerprint density at radius 2 is 1.96 bits per heavy atom. The lowest BCUT2D eigenvalue weighted by Crippen LogP contribution is -2.40. The average Bonchev–Trinajstić information content (AvgIpc) is 2.59. The number of aldehydes is 1. The summed E-state index contributed by atoms with van der Waals surface area (Å²) in [6.45, 7) is 3.78. The zero-order chi connectivity index (χ0) is 16.2. The molecule has 0 spiro atoms. The lowest BCUT2D eigenvalue weighted by atomic mass is 9.99. The van der Waals surface area contributed by atoms with Gasteiger partial charge in [0, 0.05) is 13.1 Å². The maximum Gasteiger partial charge on any atom is 0.260 e. The molecule has 120 valence electrons. The Kier molecular flexibility index (Phi) is 4.60. The first-order valence-electron chi connectivity index (χ1n) is 8.06. The summed E-state index contributed by atoms with van der Waals surface area (Å²) >= 11 is 0. The third-order valence-electron chi connectivity index (χ3n) is 4.54. The van der Waals surface area contributed by atoms with Crippen molar-refractivity contribution >= 4 is 23.0 Å². The number of hydrogen-bond donors (Lipinski definition) is 0. The van der Waals surface area contributed by atoms with Gasteiger partial charge in [0.1, 0.15) is 5.75 Å². The Hall–Kier alpha value is -2.36. The smallest absolute Gasteiger partial charge is 0.260 e. The minimum atomic E-state index is -0.0203. The van der Waals surface area contributed by atoms with E-state index in [2.05, 4.69) is 6.92 Å². The summed E-state index contributed by atoms with van der Waals surface area (Å²) in [5.74, 6) is 1.14. The van der Waals surface area contributed by atoms with Crippen LogP contribution in [0.1, 0.15) is 30.1 Å². The van der Waals surface area contributed by atoms with Crippen molar-refractivity contribution in [2.75, 3.05) is 19.7 Å². The maximum absolute atomic E-state index is 12.3. The van der Waals surface area contributed by atoms with Crippen LogP contribution in [0.4, 0.5) is 0 Å². The number of nitrogens with zero attached hydrogens (tertiary/aromatic N) is 1. The molecule has 1 amide bonds. The standard InChI is InChI=1S/C19H21NO3/c1-14-8-10-20(11-9-14)19(22)13-23-18-7-6-15-4-2-3-5-16(15)17(18)12-21/h2-7,12,14H,8-11,13H2,1H3. The van der Waals surface area contributed by atoms with E-state index in [9.17, 15) is 9.59 Å². The molecule has 1 saturated heterocycles. The van der Waals surface area contributed by atoms with E-state index in [-0.39, 0.29) is 12.5 Å². The lowest BCUT2D eigenvalue weighted by Gasteiger charge is -2.30. The highest BCUT2D eigenvalue weighted by atomic mass is 16.5. The normalized spacial score (nSPS) is 15.6. The van der Waals surface area contributed by atoms with E-state index in [4.69, 9.17) is 4.74 Å². The first-order chi connectivity index (χ1) is 11.2. The molecule has 0 bridgehead atoms. The summed E-state index contributed by atoms with van der Waals surface area (Å²) in [7, 11) is 0. The highest BCUT2D eigenvalue weighted by Gasteiger charge is 2.21. The predicted octanol–water partition coefficient (Wildman–Crippen LogP) is 3.29. The second-order valence-electron chi connectivity index (χ2n) is 6.17. The van der Waals surface area contributed by atoms with Gasteiger partial charge in [-0.15, -0.1) is 0 Å². The fourth-order valence-electron chi connectivity index (χ4n) is 3.01. The summed E-state index contributed by atoms with van der Waals surface area (Å²) in [4.78, 5) is 25.6. The van der Waals surface area contributed by atoms with Gasteiger partial charge in [-0.2, -0.15) is 0 Å². The van der Waals surface area contributed by atoms with Crippen molar-refractivity contribution in [1.29, 1.82) is 0 Å². The van der Waals surface area contributed by atoms with Crippen molar-refractivity contribution in [2.45, 2.75) is 19.8 Å². The Labute approximate surface area is 136 Å². The number of piperidine rings is 1. The van der Waals surface area contributed by atoms with Gasteiger partial charge in [-0.25, -0.2) is 0 Å². The predicted molar refractivity (Wildman–Crippen MR) is 89.8 cm³/mol. The molecule has 3 rings (SSSR count). The molecular formula is C19H21NO3. The van der Waals surface area contributed by atoms with Gasteiger partial charge in [0.05, 0.1) is 5.56 Å². The van der Waals surface area contributed by atoms with E-state index < -0.39 is 0 Å². The highest BCUT2D eigenvalue weighted by Crippen LogP contribution is 2.26. The molecule has 0 aromatic heterocycles. The van der Waals surface area contributed by atoms with Gasteiger partial charge >= 0.3 is 0 Å². The zero-order valence-corrected chi connectivity index (χ0v) is 13.3. The largest absolute Gasteiger partial charge is 0.483 e. The van der Waals surface area contributed by atoms with Crippen molar-refractivity contribution in [1.82, 2.24) is 4.90 Å². The van der Waals surface area contributed by atoms with Crippen molar-refractivity contribution in [3.8, 4) is 5.75 Å². The third-order valence-corrected chi connectivity index (χ3v) is 4.54. The fraction of sp³-hybridized carbons (Fsp3) is 0.368. The molecule has 0 radical (unpaired) electrons. The molecule has 1 fully saturated rings. The number of amides is 1. The number of hydrogen-bond acceptors (Lipinski definition) is 3. The Balaban J connectivity index is 1.72. The fourth-order valence-corrected chi connectivity index (χ4v) is 3.01. The van der Waals surface area contributed by atoms with Crippen molar-refractivity contribution in [3.05, 3.63) is 42.0 Å². The van der Waals surface area contributed by atoms with E-state index in [0.717, 1.165) is 43.0 Å². The minimum absolute atomic E-state index is 0.0121. The van der Waals surface area contributed by atoms with Gasteiger partial charge in [-0.05, 0) is 35.6 Å². The molecule has 0 saturated carbocycles. The van der Waals surface area contributed by atoms with Crippen molar-refractivity contribution in [3.63, 3.8) is 0 Å². The molecule has 0 unspecified atom stereocenters. The minimum Gasteiger partial charge on any atom is -0.483 e. The molecule has 4 nitrogen and oxygen atoms in total. The molecule has 1 aliphatic heterocycles. The van der Waals surface area contributed by atoms with Gasteiger partial charge in [-0.3, -0.25) is 9.59 Å². The second-order valence-corrected chi connectivity index (χ2v) is 6.17. The van der Waals surface area contributed by atoms with Crippen molar-refractivity contribution in [2.24, 2.45) is 5.92 Å². The van der Waals surface area contributed by atoms with Gasteiger partial charge in [0.15, 0.2) is 12.9 Å². The van der Waals surface area contributed by atoms with Gasteiger partial charge in [0.25, 0.3) is 5.91 Å².